The summed E-state index contributed by atoms with van der Waals surface area (Å²) in [5.41, 5.74) is -1.68. The number of amides is 4. The average molecular weight is 645 g/mol. The molecule has 13 nitrogen and oxygen atoms in total. The van der Waals surface area contributed by atoms with Crippen molar-refractivity contribution < 1.29 is 50.6 Å². The monoisotopic (exact) mass is 644 g/mol. The third kappa shape index (κ3) is 7.32. The zero-order chi connectivity index (χ0) is 31.7. The normalized spacial score (nSPS) is 33.5. The van der Waals surface area contributed by atoms with Crippen molar-refractivity contribution in [2.24, 2.45) is 5.92 Å². The Hall–Kier alpha value is -3.30. The maximum absolute atomic E-state index is 14.9. The van der Waals surface area contributed by atoms with Crippen molar-refractivity contribution in [3.05, 3.63) is 12.2 Å². The lowest BCUT2D eigenvalue weighted by molar-refractivity contribution is -0.142. The van der Waals surface area contributed by atoms with E-state index in [0.717, 1.165) is 17.7 Å². The third-order valence-electron chi connectivity index (χ3n) is 9.07. The fourth-order valence-electron chi connectivity index (χ4n) is 6.26. The maximum atomic E-state index is 14.9. The Labute approximate surface area is 253 Å². The molecule has 2 aliphatic heterocycles. The van der Waals surface area contributed by atoms with E-state index >= 15 is 0 Å². The summed E-state index contributed by atoms with van der Waals surface area (Å²) < 4.78 is 67.4. The number of halogens is 2. The van der Waals surface area contributed by atoms with Gasteiger partial charge in [-0.15, -0.1) is 0 Å². The number of allylic oxidation sites excluding steroid dienone is 1. The number of ether oxygens (including phenoxy) is 2. The molecule has 1 saturated heterocycles. The highest BCUT2D eigenvalue weighted by Crippen LogP contribution is 2.46. The van der Waals surface area contributed by atoms with Crippen LogP contribution in [0.5, 0.6) is 0 Å². The van der Waals surface area contributed by atoms with Crippen molar-refractivity contribution in [3.63, 3.8) is 0 Å². The summed E-state index contributed by atoms with van der Waals surface area (Å²) in [5, 5.41) is 4.34. The first-order valence-electron chi connectivity index (χ1n) is 15.1. The van der Waals surface area contributed by atoms with Gasteiger partial charge in [-0.1, -0.05) is 12.2 Å². The molecule has 0 bridgehead atoms. The molecule has 44 heavy (non-hydrogen) atoms. The molecular weight excluding hydrogens is 606 g/mol. The van der Waals surface area contributed by atoms with Gasteiger partial charge >= 0.3 is 6.09 Å². The summed E-state index contributed by atoms with van der Waals surface area (Å²) in [4.78, 5) is 65.7. The van der Waals surface area contributed by atoms with E-state index in [0.29, 0.717) is 25.7 Å². The Kier molecular flexibility index (Phi) is 9.19. The van der Waals surface area contributed by atoms with E-state index < -0.39 is 93.9 Å². The van der Waals surface area contributed by atoms with Crippen molar-refractivity contribution in [2.45, 2.75) is 118 Å². The van der Waals surface area contributed by atoms with Crippen molar-refractivity contribution >= 4 is 40.3 Å². The molecule has 3 aliphatic carbocycles. The van der Waals surface area contributed by atoms with Crippen molar-refractivity contribution in [1.82, 2.24) is 20.3 Å². The number of alkyl halides is 2. The van der Waals surface area contributed by atoms with Crippen LogP contribution in [0.1, 0.15) is 77.0 Å². The predicted molar refractivity (Wildman–Crippen MR) is 148 cm³/mol. The van der Waals surface area contributed by atoms with Crippen molar-refractivity contribution in [3.8, 4) is 0 Å². The number of alkyl carbamates (subject to hydrolysis) is 1. The van der Waals surface area contributed by atoms with Gasteiger partial charge in [0.15, 0.2) is 0 Å². The molecule has 0 radical (unpaired) electrons. The first-order valence-corrected chi connectivity index (χ1v) is 16.7. The van der Waals surface area contributed by atoms with Gasteiger partial charge in [-0.3, -0.25) is 23.9 Å². The molecule has 5 rings (SSSR count). The van der Waals surface area contributed by atoms with Crippen LogP contribution >= 0.6 is 0 Å². The van der Waals surface area contributed by atoms with E-state index in [1.807, 2.05) is 0 Å². The van der Waals surface area contributed by atoms with Gasteiger partial charge in [0.05, 0.1) is 11.8 Å². The standard InChI is InChI=1S/C28H38F2N4O9S/c29-27(30)11-4-3-5-17-14-28(17,25(38)33-44(40,41)20-8-9-20)32-23(36)22-13-19(42-16-35)15-34(22)24(37)21(10-12-27)31-26(39)43-18-6-1-2-7-18/h3,5,16-22H,1-2,4,6-15H2,(H,31,39)(H,32,36)(H,33,38)/b5-3-/t17-,19-,21+,22+,28-/m1/s1. The quantitative estimate of drug-likeness (QED) is 0.273. The summed E-state index contributed by atoms with van der Waals surface area (Å²) in [6, 6.07) is -2.78. The Bertz CT molecular complexity index is 1300. The van der Waals surface area contributed by atoms with Gasteiger partial charge in [0.2, 0.25) is 27.8 Å². The van der Waals surface area contributed by atoms with Crippen LogP contribution in [0.15, 0.2) is 12.2 Å². The lowest BCUT2D eigenvalue weighted by Gasteiger charge is -2.30. The van der Waals surface area contributed by atoms with Gasteiger partial charge in [-0.05, 0) is 57.8 Å². The van der Waals surface area contributed by atoms with Crippen LogP contribution in [-0.2, 0) is 38.7 Å². The van der Waals surface area contributed by atoms with Gasteiger partial charge in [0, 0.05) is 25.2 Å². The maximum Gasteiger partial charge on any atom is 0.408 e. The minimum Gasteiger partial charge on any atom is -0.463 e. The van der Waals surface area contributed by atoms with E-state index in [9.17, 15) is 41.2 Å². The van der Waals surface area contributed by atoms with Crippen LogP contribution in [-0.4, -0.2) is 91.2 Å². The van der Waals surface area contributed by atoms with E-state index in [-0.39, 0.29) is 38.4 Å². The number of carbonyl (C=O) groups is 5. The summed E-state index contributed by atoms with van der Waals surface area (Å²) in [6.45, 7) is -0.102. The Morgan fingerprint density at radius 2 is 1.80 bits per heavy atom. The molecule has 16 heteroatoms. The molecule has 0 aromatic rings. The number of sulfonamides is 1. The van der Waals surface area contributed by atoms with Crippen LogP contribution in [0.3, 0.4) is 0 Å². The molecular formula is C28H38F2N4O9S. The van der Waals surface area contributed by atoms with Crippen LogP contribution in [0, 0.1) is 5.92 Å². The number of nitrogens with zero attached hydrogens (tertiary/aromatic N) is 1. The van der Waals surface area contributed by atoms with Crippen LogP contribution in [0.4, 0.5) is 13.6 Å². The van der Waals surface area contributed by atoms with E-state index in [2.05, 4.69) is 15.4 Å². The predicted octanol–water partition coefficient (Wildman–Crippen LogP) is 1.42. The van der Waals surface area contributed by atoms with Gasteiger partial charge in [-0.25, -0.2) is 22.0 Å². The number of rotatable bonds is 7. The molecule has 5 atom stereocenters. The Morgan fingerprint density at radius 3 is 2.48 bits per heavy atom. The highest BCUT2D eigenvalue weighted by Gasteiger charge is 2.62. The molecule has 0 unspecified atom stereocenters. The summed E-state index contributed by atoms with van der Waals surface area (Å²) in [5.74, 6) is -6.49. The molecule has 244 valence electrons. The van der Waals surface area contributed by atoms with Crippen LogP contribution < -0.4 is 15.4 Å². The Balaban J connectivity index is 1.41. The summed E-state index contributed by atoms with van der Waals surface area (Å²) in [6.07, 6.45) is 2.62. The van der Waals surface area contributed by atoms with E-state index in [4.69, 9.17) is 9.47 Å². The second-order valence-electron chi connectivity index (χ2n) is 12.4. The first-order chi connectivity index (χ1) is 20.8. The molecule has 4 fully saturated rings. The molecule has 3 saturated carbocycles. The van der Waals surface area contributed by atoms with Crippen molar-refractivity contribution in [1.29, 1.82) is 0 Å². The minimum absolute atomic E-state index is 0.0176. The highest BCUT2D eigenvalue weighted by atomic mass is 32.2. The largest absolute Gasteiger partial charge is 0.463 e. The topological polar surface area (TPSA) is 177 Å². The zero-order valence-electron chi connectivity index (χ0n) is 24.2. The van der Waals surface area contributed by atoms with E-state index in [1.165, 1.54) is 12.2 Å². The fourth-order valence-corrected chi connectivity index (χ4v) is 7.62. The summed E-state index contributed by atoms with van der Waals surface area (Å²) in [7, 11) is -3.97. The summed E-state index contributed by atoms with van der Waals surface area (Å²) >= 11 is 0. The molecule has 3 N–H and O–H groups in total. The first kappa shape index (κ1) is 32.1. The molecule has 5 aliphatic rings. The minimum atomic E-state index is -3.97. The number of hydrogen-bond acceptors (Lipinski definition) is 9. The van der Waals surface area contributed by atoms with Gasteiger partial charge in [0.1, 0.15) is 29.8 Å². The molecule has 2 heterocycles. The van der Waals surface area contributed by atoms with Crippen molar-refractivity contribution in [2.75, 3.05) is 6.54 Å². The number of nitrogens with one attached hydrogen (secondary N) is 3. The van der Waals surface area contributed by atoms with Gasteiger partial charge in [0.25, 0.3) is 12.4 Å². The number of hydrogen-bond donors (Lipinski definition) is 3. The fraction of sp³-hybridized carbons (Fsp3) is 0.750. The molecule has 0 aromatic carbocycles. The SMILES string of the molecule is O=CO[C@@H]1C[C@H]2C(=O)N[C@]3(C(=O)NS(=O)(=O)C4CC4)C[C@H]3/C=C\CCC(F)(F)CC[C@H](NC(=O)OC3CCCC3)C(=O)N2C1. The van der Waals surface area contributed by atoms with Crippen LogP contribution in [0.2, 0.25) is 0 Å². The second-order valence-corrected chi connectivity index (χ2v) is 14.4. The third-order valence-corrected chi connectivity index (χ3v) is 10.9. The average Bonchev–Trinajstić information content (AvgIpc) is 3.83. The Morgan fingerprint density at radius 1 is 1.07 bits per heavy atom. The lowest BCUT2D eigenvalue weighted by Crippen LogP contribution is -2.58. The number of carbonyl (C=O) groups excluding carboxylic acids is 5. The van der Waals surface area contributed by atoms with Crippen LogP contribution in [0.25, 0.3) is 0 Å². The number of fused-ring (bicyclic) bond motifs is 2. The van der Waals surface area contributed by atoms with E-state index in [1.54, 1.807) is 0 Å². The smallest absolute Gasteiger partial charge is 0.408 e. The second kappa shape index (κ2) is 12.6. The molecule has 4 amide bonds. The lowest BCUT2D eigenvalue weighted by atomic mass is 10.0. The highest BCUT2D eigenvalue weighted by molar-refractivity contribution is 7.91. The molecule has 0 spiro atoms. The molecule has 0 aromatic heterocycles. The van der Waals surface area contributed by atoms with Gasteiger partial charge < -0.3 is 25.0 Å². The van der Waals surface area contributed by atoms with Gasteiger partial charge in [-0.2, -0.15) is 0 Å². The zero-order valence-corrected chi connectivity index (χ0v) is 25.0.